The summed E-state index contributed by atoms with van der Waals surface area (Å²) in [5, 5.41) is 7.01. The van der Waals surface area contributed by atoms with Gasteiger partial charge in [-0.2, -0.15) is 0 Å². The Morgan fingerprint density at radius 1 is 1.38 bits per heavy atom. The molecule has 2 N–H and O–H groups in total. The predicted molar refractivity (Wildman–Crippen MR) is 98.2 cm³/mol. The van der Waals surface area contributed by atoms with Crippen LogP contribution >= 0.6 is 0 Å². The third kappa shape index (κ3) is 4.53. The predicted octanol–water partition coefficient (Wildman–Crippen LogP) is 3.16. The second kappa shape index (κ2) is 8.56. The van der Waals surface area contributed by atoms with E-state index in [0.29, 0.717) is 6.04 Å². The molecule has 1 saturated carbocycles. The SMILES string of the molecule is CCCC1CC1NC(=NCC(c1ccco1)N1CCCC1)NCC. The van der Waals surface area contributed by atoms with Gasteiger partial charge in [0, 0.05) is 12.6 Å². The molecule has 0 spiro atoms. The highest BCUT2D eigenvalue weighted by Gasteiger charge is 2.36. The van der Waals surface area contributed by atoms with E-state index in [9.17, 15) is 0 Å². The van der Waals surface area contributed by atoms with Crippen molar-refractivity contribution in [3.63, 3.8) is 0 Å². The van der Waals surface area contributed by atoms with Crippen molar-refractivity contribution in [3.8, 4) is 0 Å². The second-order valence-electron chi connectivity index (χ2n) is 7.03. The Balaban J connectivity index is 1.62. The Bertz CT molecular complexity index is 507. The van der Waals surface area contributed by atoms with Crippen LogP contribution in [-0.4, -0.2) is 43.1 Å². The minimum Gasteiger partial charge on any atom is -0.468 e. The molecule has 0 aromatic carbocycles. The standard InChI is InChI=1S/C19H32N4O/c1-3-8-15-13-16(15)22-19(20-4-2)21-14-17(18-9-7-12-24-18)23-10-5-6-11-23/h7,9,12,15-17H,3-6,8,10-11,13-14H2,1-2H3,(H2,20,21,22). The summed E-state index contributed by atoms with van der Waals surface area (Å²) in [6.45, 7) is 8.31. The number of rotatable bonds is 8. The smallest absolute Gasteiger partial charge is 0.191 e. The van der Waals surface area contributed by atoms with Gasteiger partial charge in [-0.05, 0) is 63.7 Å². The topological polar surface area (TPSA) is 52.8 Å². The summed E-state index contributed by atoms with van der Waals surface area (Å²) in [5.41, 5.74) is 0. The molecule has 2 heterocycles. The van der Waals surface area contributed by atoms with Gasteiger partial charge in [-0.15, -0.1) is 0 Å². The fourth-order valence-electron chi connectivity index (χ4n) is 3.71. The zero-order chi connectivity index (χ0) is 16.8. The molecule has 5 heteroatoms. The summed E-state index contributed by atoms with van der Waals surface area (Å²) in [6.07, 6.45) is 8.20. The quantitative estimate of drug-likeness (QED) is 0.567. The molecule has 5 nitrogen and oxygen atoms in total. The molecule has 2 aliphatic rings. The number of aliphatic imine (C=N–C) groups is 1. The Morgan fingerprint density at radius 3 is 2.88 bits per heavy atom. The number of guanidine groups is 1. The molecule has 134 valence electrons. The van der Waals surface area contributed by atoms with Crippen LogP contribution in [-0.2, 0) is 0 Å². The lowest BCUT2D eigenvalue weighted by Gasteiger charge is -2.24. The summed E-state index contributed by atoms with van der Waals surface area (Å²) >= 11 is 0. The van der Waals surface area contributed by atoms with E-state index >= 15 is 0 Å². The van der Waals surface area contributed by atoms with Gasteiger partial charge in [-0.25, -0.2) is 0 Å². The molecule has 2 fully saturated rings. The van der Waals surface area contributed by atoms with Crippen molar-refractivity contribution in [3.05, 3.63) is 24.2 Å². The first-order valence-corrected chi connectivity index (χ1v) is 9.64. The summed E-state index contributed by atoms with van der Waals surface area (Å²) in [5.74, 6) is 2.82. The number of nitrogens with zero attached hydrogens (tertiary/aromatic N) is 2. The van der Waals surface area contributed by atoms with E-state index in [2.05, 4.69) is 35.4 Å². The monoisotopic (exact) mass is 332 g/mol. The van der Waals surface area contributed by atoms with Crippen molar-refractivity contribution in [2.45, 2.75) is 58.0 Å². The van der Waals surface area contributed by atoms with Crippen molar-refractivity contribution in [2.24, 2.45) is 10.9 Å². The summed E-state index contributed by atoms with van der Waals surface area (Å²) in [4.78, 5) is 7.38. The minimum absolute atomic E-state index is 0.253. The third-order valence-electron chi connectivity index (χ3n) is 5.12. The van der Waals surface area contributed by atoms with Crippen molar-refractivity contribution in [1.82, 2.24) is 15.5 Å². The van der Waals surface area contributed by atoms with E-state index in [0.717, 1.165) is 43.8 Å². The molecular formula is C19H32N4O. The Morgan fingerprint density at radius 2 is 2.21 bits per heavy atom. The fraction of sp³-hybridized carbons (Fsp3) is 0.737. The third-order valence-corrected chi connectivity index (χ3v) is 5.12. The molecule has 1 aromatic heterocycles. The van der Waals surface area contributed by atoms with Crippen molar-refractivity contribution in [2.75, 3.05) is 26.2 Å². The Kier molecular flexibility index (Phi) is 6.18. The highest BCUT2D eigenvalue weighted by Crippen LogP contribution is 2.34. The van der Waals surface area contributed by atoms with Gasteiger partial charge in [-0.1, -0.05) is 13.3 Å². The minimum atomic E-state index is 0.253. The van der Waals surface area contributed by atoms with Crippen LogP contribution in [0.3, 0.4) is 0 Å². The van der Waals surface area contributed by atoms with Crippen LogP contribution in [0.2, 0.25) is 0 Å². The van der Waals surface area contributed by atoms with Gasteiger partial charge in [0.05, 0.1) is 18.8 Å². The van der Waals surface area contributed by atoms with Crippen molar-refractivity contribution in [1.29, 1.82) is 0 Å². The fourth-order valence-corrected chi connectivity index (χ4v) is 3.71. The van der Waals surface area contributed by atoms with Gasteiger partial charge in [0.2, 0.25) is 0 Å². The normalized spacial score (nSPS) is 25.7. The van der Waals surface area contributed by atoms with Crippen LogP contribution in [0.4, 0.5) is 0 Å². The highest BCUT2D eigenvalue weighted by molar-refractivity contribution is 5.80. The van der Waals surface area contributed by atoms with Crippen LogP contribution in [0.5, 0.6) is 0 Å². The number of nitrogens with one attached hydrogen (secondary N) is 2. The molecule has 1 aliphatic heterocycles. The number of hydrogen-bond donors (Lipinski definition) is 2. The van der Waals surface area contributed by atoms with Gasteiger partial charge >= 0.3 is 0 Å². The van der Waals surface area contributed by atoms with Crippen LogP contribution in [0, 0.1) is 5.92 Å². The van der Waals surface area contributed by atoms with E-state index in [-0.39, 0.29) is 6.04 Å². The summed E-state index contributed by atoms with van der Waals surface area (Å²) < 4.78 is 5.69. The Labute approximate surface area is 145 Å². The molecule has 0 bridgehead atoms. The van der Waals surface area contributed by atoms with Gasteiger partial charge in [0.25, 0.3) is 0 Å². The largest absolute Gasteiger partial charge is 0.468 e. The maximum Gasteiger partial charge on any atom is 0.191 e. The number of furan rings is 1. The first-order chi connectivity index (χ1) is 11.8. The maximum absolute atomic E-state index is 5.69. The lowest BCUT2D eigenvalue weighted by molar-refractivity contribution is 0.221. The van der Waals surface area contributed by atoms with E-state index < -0.39 is 0 Å². The van der Waals surface area contributed by atoms with Gasteiger partial charge in [0.1, 0.15) is 5.76 Å². The Hall–Kier alpha value is -1.49. The molecule has 3 atom stereocenters. The molecule has 0 radical (unpaired) electrons. The first-order valence-electron chi connectivity index (χ1n) is 9.64. The molecule has 0 amide bonds. The first kappa shape index (κ1) is 17.3. The molecule has 1 saturated heterocycles. The van der Waals surface area contributed by atoms with Gasteiger partial charge in [0.15, 0.2) is 5.96 Å². The highest BCUT2D eigenvalue weighted by atomic mass is 16.3. The molecule has 24 heavy (non-hydrogen) atoms. The zero-order valence-corrected chi connectivity index (χ0v) is 15.1. The van der Waals surface area contributed by atoms with Crippen molar-refractivity contribution >= 4 is 5.96 Å². The molecule has 1 aromatic rings. The van der Waals surface area contributed by atoms with Gasteiger partial charge < -0.3 is 15.1 Å². The second-order valence-corrected chi connectivity index (χ2v) is 7.03. The molecule has 3 rings (SSSR count). The average molecular weight is 332 g/mol. The lowest BCUT2D eigenvalue weighted by atomic mass is 10.2. The van der Waals surface area contributed by atoms with E-state index in [1.54, 1.807) is 6.26 Å². The van der Waals surface area contributed by atoms with Crippen LogP contribution in [0.25, 0.3) is 0 Å². The molecule has 1 aliphatic carbocycles. The van der Waals surface area contributed by atoms with Crippen molar-refractivity contribution < 1.29 is 4.42 Å². The van der Waals surface area contributed by atoms with Crippen LogP contribution in [0.15, 0.2) is 27.8 Å². The lowest BCUT2D eigenvalue weighted by Crippen LogP contribution is -2.40. The van der Waals surface area contributed by atoms with Crippen LogP contribution in [0.1, 0.15) is 57.8 Å². The molecule has 3 unspecified atom stereocenters. The zero-order valence-electron chi connectivity index (χ0n) is 15.1. The summed E-state index contributed by atoms with van der Waals surface area (Å²) in [6, 6.07) is 4.92. The average Bonchev–Trinajstić information content (AvgIpc) is 3.04. The van der Waals surface area contributed by atoms with E-state index in [4.69, 9.17) is 9.41 Å². The number of likely N-dealkylation sites (tertiary alicyclic amines) is 1. The van der Waals surface area contributed by atoms with Gasteiger partial charge in [-0.3, -0.25) is 9.89 Å². The molecular weight excluding hydrogens is 300 g/mol. The van der Waals surface area contributed by atoms with Crippen LogP contribution < -0.4 is 10.6 Å². The maximum atomic E-state index is 5.69. The summed E-state index contributed by atoms with van der Waals surface area (Å²) in [7, 11) is 0. The van der Waals surface area contributed by atoms with E-state index in [1.165, 1.54) is 32.1 Å². The van der Waals surface area contributed by atoms with E-state index in [1.807, 2.05) is 6.07 Å². The number of hydrogen-bond acceptors (Lipinski definition) is 3.